The van der Waals surface area contributed by atoms with E-state index >= 15 is 4.79 Å². The number of nitrogens with one attached hydrogen (secondary N) is 2. The second-order valence-electron chi connectivity index (χ2n) is 24.1. The zero-order valence-corrected chi connectivity index (χ0v) is 44.1. The summed E-state index contributed by atoms with van der Waals surface area (Å²) in [7, 11) is 2.11. The van der Waals surface area contributed by atoms with Crippen molar-refractivity contribution in [3.63, 3.8) is 0 Å². The highest BCUT2D eigenvalue weighted by atomic mass is 16.2. The Hall–Kier alpha value is -5.83. The molecule has 15 heteroatoms. The number of amides is 5. The van der Waals surface area contributed by atoms with E-state index in [4.69, 9.17) is 9.97 Å². The van der Waals surface area contributed by atoms with Crippen molar-refractivity contribution in [3.8, 4) is 11.3 Å². The third-order valence-electron chi connectivity index (χ3n) is 19.2. The van der Waals surface area contributed by atoms with E-state index in [1.54, 1.807) is 0 Å². The van der Waals surface area contributed by atoms with Gasteiger partial charge in [-0.05, 0) is 159 Å². The van der Waals surface area contributed by atoms with Crippen LogP contribution in [0.4, 0.5) is 17.2 Å². The molecule has 4 aromatic rings. The van der Waals surface area contributed by atoms with Gasteiger partial charge in [0.2, 0.25) is 29.5 Å². The molecular formula is C59H76N10O5. The summed E-state index contributed by atoms with van der Waals surface area (Å²) in [6.45, 7) is 11.0. The van der Waals surface area contributed by atoms with Crippen LogP contribution in [0.2, 0.25) is 0 Å². The number of rotatable bonds is 11. The number of aromatic nitrogens is 3. The lowest BCUT2D eigenvalue weighted by Crippen LogP contribution is -2.59. The molecule has 2 aromatic heterocycles. The second kappa shape index (κ2) is 19.4. The fourth-order valence-corrected chi connectivity index (χ4v) is 14.1. The molecule has 1 spiro atoms. The number of hydrogen-bond acceptors (Lipinski definition) is 10. The van der Waals surface area contributed by atoms with E-state index in [1.165, 1.54) is 19.3 Å². The van der Waals surface area contributed by atoms with Crippen LogP contribution in [0, 0.1) is 11.3 Å². The fraction of sp³-hybridized carbons (Fsp3) is 0.610. The van der Waals surface area contributed by atoms with Crippen LogP contribution in [0.1, 0.15) is 153 Å². The molecule has 392 valence electrons. The molecule has 12 rings (SSSR count). The summed E-state index contributed by atoms with van der Waals surface area (Å²) >= 11 is 0. The topological polar surface area (TPSA) is 156 Å². The third kappa shape index (κ3) is 8.85. The van der Waals surface area contributed by atoms with Crippen molar-refractivity contribution in [1.29, 1.82) is 0 Å². The lowest BCUT2D eigenvalue weighted by molar-refractivity contribution is -0.150. The number of nitrogens with zero attached hydrogens (tertiary/aromatic N) is 8. The summed E-state index contributed by atoms with van der Waals surface area (Å²) < 4.78 is 2.20. The molecule has 0 radical (unpaired) electrons. The lowest BCUT2D eigenvalue weighted by atomic mass is 9.72. The molecule has 7 heterocycles. The summed E-state index contributed by atoms with van der Waals surface area (Å²) in [5.41, 5.74) is 6.69. The highest BCUT2D eigenvalue weighted by Crippen LogP contribution is 2.53. The van der Waals surface area contributed by atoms with Crippen molar-refractivity contribution in [1.82, 2.24) is 34.6 Å². The third-order valence-corrected chi connectivity index (χ3v) is 19.2. The van der Waals surface area contributed by atoms with Gasteiger partial charge < -0.3 is 34.4 Å². The summed E-state index contributed by atoms with van der Waals surface area (Å²) in [6.07, 6.45) is 16.9. The highest BCUT2D eigenvalue weighted by molar-refractivity contribution is 6.09. The number of imidazole rings is 1. The number of likely N-dealkylation sites (tertiary alicyclic amines) is 3. The van der Waals surface area contributed by atoms with Gasteiger partial charge in [0, 0.05) is 98.1 Å². The van der Waals surface area contributed by atoms with Crippen LogP contribution < -0.4 is 20.4 Å². The summed E-state index contributed by atoms with van der Waals surface area (Å²) in [4.78, 5) is 89.4. The Morgan fingerprint density at radius 3 is 2.18 bits per heavy atom. The smallest absolute Gasteiger partial charge is 0.238 e. The van der Waals surface area contributed by atoms with Gasteiger partial charge in [-0.1, -0.05) is 37.6 Å². The molecule has 8 aliphatic rings. The van der Waals surface area contributed by atoms with E-state index in [0.29, 0.717) is 82.8 Å². The first-order chi connectivity index (χ1) is 35.8. The Morgan fingerprint density at radius 2 is 1.50 bits per heavy atom. The van der Waals surface area contributed by atoms with Crippen LogP contribution in [0.5, 0.6) is 0 Å². The molecule has 15 nitrogen and oxygen atoms in total. The molecule has 1 unspecified atom stereocenters. The molecule has 5 amide bonds. The maximum atomic E-state index is 15.3. The molecular weight excluding hydrogens is 929 g/mol. The molecule has 3 saturated carbocycles. The van der Waals surface area contributed by atoms with Crippen molar-refractivity contribution in [2.45, 2.75) is 171 Å². The van der Waals surface area contributed by atoms with Crippen LogP contribution in [-0.4, -0.2) is 129 Å². The van der Waals surface area contributed by atoms with Crippen LogP contribution in [0.25, 0.3) is 22.3 Å². The van der Waals surface area contributed by atoms with Crippen LogP contribution >= 0.6 is 0 Å². The Bertz CT molecular complexity index is 2820. The van der Waals surface area contributed by atoms with Crippen molar-refractivity contribution < 1.29 is 24.0 Å². The zero-order valence-electron chi connectivity index (χ0n) is 44.1. The lowest BCUT2D eigenvalue weighted by Gasteiger charge is -2.48. The molecule has 2 N–H and O–H groups in total. The van der Waals surface area contributed by atoms with Crippen LogP contribution in [-0.2, 0) is 29.4 Å². The van der Waals surface area contributed by atoms with Gasteiger partial charge in [-0.2, -0.15) is 0 Å². The average molecular weight is 1010 g/mol. The van der Waals surface area contributed by atoms with Gasteiger partial charge >= 0.3 is 0 Å². The molecule has 0 bridgehead atoms. The number of fused-ring (bicyclic) bond motifs is 3. The van der Waals surface area contributed by atoms with Gasteiger partial charge in [0.1, 0.15) is 5.52 Å². The van der Waals surface area contributed by atoms with Crippen molar-refractivity contribution in [3.05, 3.63) is 66.0 Å². The fourth-order valence-electron chi connectivity index (χ4n) is 14.1. The van der Waals surface area contributed by atoms with Crippen molar-refractivity contribution >= 4 is 57.8 Å². The number of piperidine rings is 4. The maximum absolute atomic E-state index is 15.3. The second-order valence-corrected chi connectivity index (χ2v) is 24.1. The van der Waals surface area contributed by atoms with E-state index in [2.05, 4.69) is 94.1 Å². The molecule has 2 aromatic carbocycles. The van der Waals surface area contributed by atoms with E-state index in [9.17, 15) is 19.2 Å². The molecule has 4 saturated heterocycles. The summed E-state index contributed by atoms with van der Waals surface area (Å²) in [5, 5.41) is 6.18. The van der Waals surface area contributed by atoms with Gasteiger partial charge in [0.15, 0.2) is 5.82 Å². The SMILES string of the molecule is CC(C)n1cnc2cc(-c3ccc4c(c3)N([C@H]3C[C@@H](N5CCCCC5)C3)C(=O)C43CCN(C(=O)C4(C)CCN(C(=O)[C@H]5CC[C@H](N(C)c6ccc(C7CCC(=O)NC7=O)cc6)CC5)CC4)CC3)nc(NC3CC3)c21. The number of anilines is 3. The van der Waals surface area contributed by atoms with E-state index < -0.39 is 10.8 Å². The quantitative estimate of drug-likeness (QED) is 0.140. The van der Waals surface area contributed by atoms with Gasteiger partial charge in [-0.3, -0.25) is 29.3 Å². The number of carbonyl (C=O) groups excluding carboxylic acids is 5. The Kier molecular flexibility index (Phi) is 12.9. The predicted molar refractivity (Wildman–Crippen MR) is 287 cm³/mol. The number of carbonyl (C=O) groups is 5. The van der Waals surface area contributed by atoms with Gasteiger partial charge in [-0.15, -0.1) is 0 Å². The van der Waals surface area contributed by atoms with E-state index in [0.717, 1.165) is 115 Å². The Labute approximate surface area is 436 Å². The normalized spacial score (nSPS) is 27.1. The Morgan fingerprint density at radius 1 is 0.797 bits per heavy atom. The summed E-state index contributed by atoms with van der Waals surface area (Å²) in [6, 6.07) is 18.5. The maximum Gasteiger partial charge on any atom is 0.238 e. The Balaban J connectivity index is 0.694. The zero-order chi connectivity index (χ0) is 51.0. The molecule has 1 atom stereocenters. The highest BCUT2D eigenvalue weighted by Gasteiger charge is 2.57. The first-order valence-corrected chi connectivity index (χ1v) is 28.4. The van der Waals surface area contributed by atoms with E-state index in [1.807, 2.05) is 28.3 Å². The van der Waals surface area contributed by atoms with Crippen LogP contribution in [0.15, 0.2) is 54.9 Å². The minimum absolute atomic E-state index is 0.0118. The molecule has 7 fully saturated rings. The minimum Gasteiger partial charge on any atom is -0.372 e. The number of hydrogen-bond donors (Lipinski definition) is 2. The largest absolute Gasteiger partial charge is 0.372 e. The summed E-state index contributed by atoms with van der Waals surface area (Å²) in [5.74, 6) is 0.725. The monoisotopic (exact) mass is 1000 g/mol. The first-order valence-electron chi connectivity index (χ1n) is 28.4. The van der Waals surface area contributed by atoms with Crippen molar-refractivity contribution in [2.75, 3.05) is 61.4 Å². The van der Waals surface area contributed by atoms with Gasteiger partial charge in [0.05, 0.1) is 28.9 Å². The number of benzene rings is 2. The average Bonchev–Trinajstić information content (AvgIpc) is 4.11. The molecule has 3 aliphatic carbocycles. The molecule has 74 heavy (non-hydrogen) atoms. The van der Waals surface area contributed by atoms with Crippen molar-refractivity contribution in [2.24, 2.45) is 11.3 Å². The number of imide groups is 1. The van der Waals surface area contributed by atoms with Gasteiger partial charge in [-0.25, -0.2) is 9.97 Å². The first kappa shape index (κ1) is 49.1. The number of pyridine rings is 1. The van der Waals surface area contributed by atoms with Gasteiger partial charge in [0.25, 0.3) is 0 Å². The van der Waals surface area contributed by atoms with Crippen LogP contribution in [0.3, 0.4) is 0 Å². The minimum atomic E-state index is -0.681. The standard InChI is InChI=1S/C59H76N10O5/c1-37(2)68-36-60-49-35-48(62-53(52(49)68)61-41-13-14-41)40-12-20-47-50(32-40)69(45-33-44(34-45)65-26-6-5-7-27-65)57(74)59(47)24-30-67(31-25-59)56(73)58(3)22-28-66(29-23-58)55(72)39-10-17-43(18-11-39)64(4)42-15-8-38(9-16-42)46-19-21-51(70)63-54(46)71/h8-9,12,15-16,20,32,35-37,39,41,43-46H,5-7,10-11,13-14,17-19,21-31,33-34H2,1-4H3,(H,61,62)(H,63,70,71)/t39-,43-,44-,45+,46?. The molecule has 5 aliphatic heterocycles. The van der Waals surface area contributed by atoms with E-state index in [-0.39, 0.29) is 53.5 Å². The predicted octanol–water partition coefficient (Wildman–Crippen LogP) is 8.32.